The second kappa shape index (κ2) is 4.25. The molecule has 80 valence electrons. The smallest absolute Gasteiger partial charge is 0.305 e. The molecule has 0 saturated carbocycles. The minimum Gasteiger partial charge on any atom is -0.481 e. The van der Waals surface area contributed by atoms with E-state index in [1.165, 1.54) is 0 Å². The van der Waals surface area contributed by atoms with Gasteiger partial charge in [0.25, 0.3) is 0 Å². The molecular weight excluding hydrogens is 184 g/mol. The van der Waals surface area contributed by atoms with Gasteiger partial charge in [-0.25, -0.2) is 0 Å². The van der Waals surface area contributed by atoms with Crippen molar-refractivity contribution >= 4 is 5.97 Å². The summed E-state index contributed by atoms with van der Waals surface area (Å²) in [6, 6.07) is 0.426. The molecule has 0 spiro atoms. The average Bonchev–Trinajstić information content (AvgIpc) is 2.18. The Hall–Kier alpha value is -0.650. The molecule has 0 radical (unpaired) electrons. The molecule has 0 aliphatic carbocycles. The number of morpholine rings is 1. The Morgan fingerprint density at radius 2 is 2.43 bits per heavy atom. The molecule has 0 aromatic carbocycles. The minimum absolute atomic E-state index is 0.0633. The van der Waals surface area contributed by atoms with Crippen LogP contribution in [0.3, 0.4) is 0 Å². The SMILES string of the molecule is O=C(O)CC1COCC2CNCCN21. The van der Waals surface area contributed by atoms with Crippen molar-refractivity contribution in [3.05, 3.63) is 0 Å². The number of hydrogen-bond donors (Lipinski definition) is 2. The molecule has 0 aromatic rings. The fourth-order valence-electron chi connectivity index (χ4n) is 2.23. The Morgan fingerprint density at radius 1 is 1.57 bits per heavy atom. The molecule has 2 saturated heterocycles. The van der Waals surface area contributed by atoms with Gasteiger partial charge in [-0.1, -0.05) is 0 Å². The molecule has 2 aliphatic rings. The van der Waals surface area contributed by atoms with Crippen molar-refractivity contribution in [2.24, 2.45) is 0 Å². The van der Waals surface area contributed by atoms with Crippen LogP contribution in [0.4, 0.5) is 0 Å². The van der Waals surface area contributed by atoms with Crippen LogP contribution < -0.4 is 5.32 Å². The number of aliphatic carboxylic acids is 1. The second-order valence-electron chi connectivity index (χ2n) is 3.88. The lowest BCUT2D eigenvalue weighted by Crippen LogP contribution is -2.61. The number of ether oxygens (including phenoxy) is 1. The summed E-state index contributed by atoms with van der Waals surface area (Å²) in [5.41, 5.74) is 0. The van der Waals surface area contributed by atoms with E-state index in [9.17, 15) is 4.79 Å². The van der Waals surface area contributed by atoms with Crippen molar-refractivity contribution in [2.75, 3.05) is 32.8 Å². The number of carboxylic acid groups (broad SMARTS) is 1. The molecule has 14 heavy (non-hydrogen) atoms. The molecule has 2 aliphatic heterocycles. The Kier molecular flexibility index (Phi) is 3.00. The number of carbonyl (C=O) groups is 1. The predicted molar refractivity (Wildman–Crippen MR) is 50.2 cm³/mol. The third kappa shape index (κ3) is 2.05. The summed E-state index contributed by atoms with van der Waals surface area (Å²) in [6.45, 7) is 4.08. The standard InChI is InChI=1S/C9H16N2O3/c12-9(13)3-7-5-14-6-8-4-10-1-2-11(7)8/h7-8,10H,1-6H2,(H,12,13). The molecule has 0 amide bonds. The Morgan fingerprint density at radius 3 is 3.21 bits per heavy atom. The van der Waals surface area contributed by atoms with E-state index in [0.29, 0.717) is 12.6 Å². The maximum Gasteiger partial charge on any atom is 0.305 e. The van der Waals surface area contributed by atoms with Crippen LogP contribution in [0.15, 0.2) is 0 Å². The fourth-order valence-corrected chi connectivity index (χ4v) is 2.23. The number of carboxylic acids is 1. The van der Waals surface area contributed by atoms with E-state index in [0.717, 1.165) is 26.2 Å². The summed E-state index contributed by atoms with van der Waals surface area (Å²) in [5.74, 6) is -0.738. The average molecular weight is 200 g/mol. The van der Waals surface area contributed by atoms with Crippen molar-refractivity contribution < 1.29 is 14.6 Å². The van der Waals surface area contributed by atoms with E-state index < -0.39 is 5.97 Å². The zero-order valence-corrected chi connectivity index (χ0v) is 8.11. The van der Waals surface area contributed by atoms with Crippen molar-refractivity contribution in [1.29, 1.82) is 0 Å². The Bertz CT molecular complexity index is 220. The highest BCUT2D eigenvalue weighted by Crippen LogP contribution is 2.17. The molecule has 5 nitrogen and oxygen atoms in total. The van der Waals surface area contributed by atoms with Crippen LogP contribution in [-0.4, -0.2) is 60.9 Å². The van der Waals surface area contributed by atoms with Crippen molar-refractivity contribution in [3.63, 3.8) is 0 Å². The Balaban J connectivity index is 1.97. The minimum atomic E-state index is -0.738. The van der Waals surface area contributed by atoms with Gasteiger partial charge in [0.2, 0.25) is 0 Å². The zero-order valence-electron chi connectivity index (χ0n) is 8.11. The van der Waals surface area contributed by atoms with Gasteiger partial charge < -0.3 is 15.2 Å². The third-order valence-corrected chi connectivity index (χ3v) is 2.90. The van der Waals surface area contributed by atoms with E-state index in [1.807, 2.05) is 0 Å². The van der Waals surface area contributed by atoms with E-state index in [4.69, 9.17) is 9.84 Å². The van der Waals surface area contributed by atoms with Gasteiger partial charge in [0, 0.05) is 31.7 Å². The fraction of sp³-hybridized carbons (Fsp3) is 0.889. The number of hydrogen-bond acceptors (Lipinski definition) is 4. The molecule has 5 heteroatoms. The van der Waals surface area contributed by atoms with Gasteiger partial charge in [-0.15, -0.1) is 0 Å². The summed E-state index contributed by atoms with van der Waals surface area (Å²) < 4.78 is 5.41. The molecule has 2 fully saturated rings. The van der Waals surface area contributed by atoms with E-state index >= 15 is 0 Å². The lowest BCUT2D eigenvalue weighted by Gasteiger charge is -2.44. The van der Waals surface area contributed by atoms with Crippen LogP contribution in [0.2, 0.25) is 0 Å². The number of nitrogens with one attached hydrogen (secondary N) is 1. The second-order valence-corrected chi connectivity index (χ2v) is 3.88. The third-order valence-electron chi connectivity index (χ3n) is 2.90. The van der Waals surface area contributed by atoms with Crippen LogP contribution in [0.25, 0.3) is 0 Å². The van der Waals surface area contributed by atoms with E-state index in [1.54, 1.807) is 0 Å². The number of fused-ring (bicyclic) bond motifs is 1. The molecule has 2 heterocycles. The first kappa shape index (κ1) is 9.89. The summed E-state index contributed by atoms with van der Waals surface area (Å²) in [4.78, 5) is 12.9. The van der Waals surface area contributed by atoms with Crippen LogP contribution in [-0.2, 0) is 9.53 Å². The van der Waals surface area contributed by atoms with E-state index in [-0.39, 0.29) is 12.5 Å². The number of piperazine rings is 1. The lowest BCUT2D eigenvalue weighted by atomic mass is 10.1. The molecule has 2 rings (SSSR count). The maximum atomic E-state index is 10.6. The van der Waals surface area contributed by atoms with Crippen molar-refractivity contribution in [3.8, 4) is 0 Å². The lowest BCUT2D eigenvalue weighted by molar-refractivity contribution is -0.141. The van der Waals surface area contributed by atoms with Gasteiger partial charge in [0.15, 0.2) is 0 Å². The molecule has 0 bridgehead atoms. The van der Waals surface area contributed by atoms with Gasteiger partial charge in [0.05, 0.1) is 19.6 Å². The molecule has 2 unspecified atom stereocenters. The van der Waals surface area contributed by atoms with Crippen molar-refractivity contribution in [2.45, 2.75) is 18.5 Å². The van der Waals surface area contributed by atoms with Crippen LogP contribution >= 0.6 is 0 Å². The summed E-state index contributed by atoms with van der Waals surface area (Å²) in [6.07, 6.45) is 0.191. The largest absolute Gasteiger partial charge is 0.481 e. The first-order valence-corrected chi connectivity index (χ1v) is 5.03. The molecule has 2 N–H and O–H groups in total. The summed E-state index contributed by atoms with van der Waals surface area (Å²) in [7, 11) is 0. The topological polar surface area (TPSA) is 61.8 Å². The number of nitrogens with zero attached hydrogens (tertiary/aromatic N) is 1. The monoisotopic (exact) mass is 200 g/mol. The van der Waals surface area contributed by atoms with Crippen molar-refractivity contribution in [1.82, 2.24) is 10.2 Å². The molecule has 0 aromatic heterocycles. The first-order chi connectivity index (χ1) is 6.77. The van der Waals surface area contributed by atoms with Crippen LogP contribution in [0.1, 0.15) is 6.42 Å². The Labute approximate surface area is 83.0 Å². The predicted octanol–water partition coefficient (Wildman–Crippen LogP) is -0.866. The molecule has 2 atom stereocenters. The first-order valence-electron chi connectivity index (χ1n) is 5.03. The van der Waals surface area contributed by atoms with Crippen LogP contribution in [0, 0.1) is 0 Å². The number of rotatable bonds is 2. The summed E-state index contributed by atoms with van der Waals surface area (Å²) >= 11 is 0. The van der Waals surface area contributed by atoms with Gasteiger partial charge in [-0.2, -0.15) is 0 Å². The van der Waals surface area contributed by atoms with Gasteiger partial charge >= 0.3 is 5.97 Å². The van der Waals surface area contributed by atoms with Gasteiger partial charge in [-0.3, -0.25) is 9.69 Å². The van der Waals surface area contributed by atoms with Crippen LogP contribution in [0.5, 0.6) is 0 Å². The maximum absolute atomic E-state index is 10.6. The highest BCUT2D eigenvalue weighted by molar-refractivity contribution is 5.67. The zero-order chi connectivity index (χ0) is 9.97. The molecular formula is C9H16N2O3. The van der Waals surface area contributed by atoms with Gasteiger partial charge in [0.1, 0.15) is 0 Å². The van der Waals surface area contributed by atoms with Gasteiger partial charge in [-0.05, 0) is 0 Å². The quantitative estimate of drug-likeness (QED) is 0.607. The van der Waals surface area contributed by atoms with E-state index in [2.05, 4.69) is 10.2 Å². The highest BCUT2D eigenvalue weighted by Gasteiger charge is 2.33. The highest BCUT2D eigenvalue weighted by atomic mass is 16.5. The normalized spacial score (nSPS) is 33.7. The summed E-state index contributed by atoms with van der Waals surface area (Å²) in [5, 5.41) is 12.0.